The lowest BCUT2D eigenvalue weighted by Crippen LogP contribution is -2.42. The van der Waals surface area contributed by atoms with Crippen LogP contribution in [0.5, 0.6) is 5.75 Å². The van der Waals surface area contributed by atoms with Gasteiger partial charge < -0.3 is 15.0 Å². The molecular weight excluding hydrogens is 656 g/mol. The number of carbonyl (C=O) groups excluding carboxylic acids is 2. The molecule has 0 spiro atoms. The van der Waals surface area contributed by atoms with Gasteiger partial charge in [-0.05, 0) is 85.7 Å². The average molecular weight is 692 g/mol. The number of anilines is 1. The third-order valence-electron chi connectivity index (χ3n) is 10.5. The van der Waals surface area contributed by atoms with Gasteiger partial charge in [0.1, 0.15) is 17.8 Å². The summed E-state index contributed by atoms with van der Waals surface area (Å²) in [7, 11) is 1.74. The number of ether oxygens (including phenoxy) is 1. The van der Waals surface area contributed by atoms with Gasteiger partial charge in [-0.3, -0.25) is 24.3 Å². The Morgan fingerprint density at radius 2 is 1.98 bits per heavy atom. The smallest absolute Gasteiger partial charge is 0.255 e. The molecule has 5 heterocycles. The number of halogens is 2. The number of likely N-dealkylation sites (tertiary alicyclic amines) is 1. The van der Waals surface area contributed by atoms with E-state index in [1.165, 1.54) is 17.1 Å². The first kappa shape index (κ1) is 31.5. The van der Waals surface area contributed by atoms with E-state index >= 15 is 0 Å². The minimum atomic E-state index is -0.678. The number of nitrogens with one attached hydrogen (secondary N) is 2. The van der Waals surface area contributed by atoms with E-state index in [9.17, 15) is 18.4 Å². The third kappa shape index (κ3) is 5.82. The van der Waals surface area contributed by atoms with Gasteiger partial charge in [-0.15, -0.1) is 0 Å². The maximum absolute atomic E-state index is 14.9. The van der Waals surface area contributed by atoms with Gasteiger partial charge in [0.2, 0.25) is 11.8 Å². The minimum Gasteiger partial charge on any atom is -0.486 e. The summed E-state index contributed by atoms with van der Waals surface area (Å²) in [5.74, 6) is -0.635. The van der Waals surface area contributed by atoms with Gasteiger partial charge in [-0.25, -0.2) is 14.4 Å². The van der Waals surface area contributed by atoms with E-state index in [0.717, 1.165) is 29.5 Å². The quantitative estimate of drug-likeness (QED) is 0.207. The molecule has 2 N–H and O–H groups in total. The Labute approximate surface area is 291 Å². The molecule has 0 bridgehead atoms. The molecule has 2 aliphatic carbocycles. The summed E-state index contributed by atoms with van der Waals surface area (Å²) < 4.78 is 36.7. The second kappa shape index (κ2) is 12.1. The molecule has 51 heavy (non-hydrogen) atoms. The lowest BCUT2D eigenvalue weighted by molar-refractivity contribution is -0.132. The van der Waals surface area contributed by atoms with Crippen LogP contribution in [0, 0.1) is 17.2 Å². The molecule has 12 nitrogen and oxygen atoms in total. The number of fused-ring (bicyclic) bond motifs is 2. The van der Waals surface area contributed by atoms with Crippen LogP contribution in [-0.4, -0.2) is 89.9 Å². The van der Waals surface area contributed by atoms with Gasteiger partial charge in [0.25, 0.3) is 5.95 Å². The Hall–Kier alpha value is -5.50. The number of H-pyrrole nitrogens is 1. The van der Waals surface area contributed by atoms with Crippen molar-refractivity contribution in [3.05, 3.63) is 78.3 Å². The van der Waals surface area contributed by atoms with E-state index in [2.05, 4.69) is 35.5 Å². The van der Waals surface area contributed by atoms with Crippen molar-refractivity contribution < 1.29 is 23.1 Å². The number of carbonyl (C=O) groups is 2. The van der Waals surface area contributed by atoms with Gasteiger partial charge >= 0.3 is 0 Å². The molecule has 1 unspecified atom stereocenters. The highest BCUT2D eigenvalue weighted by Gasteiger charge is 2.66. The second-order valence-electron chi connectivity index (χ2n) is 13.9. The normalized spacial score (nSPS) is 21.4. The fourth-order valence-electron chi connectivity index (χ4n) is 7.42. The number of pyridine rings is 1. The van der Waals surface area contributed by atoms with E-state index in [1.807, 2.05) is 35.2 Å². The zero-order chi connectivity index (χ0) is 34.9. The van der Waals surface area contributed by atoms with Crippen molar-refractivity contribution in [3.63, 3.8) is 0 Å². The highest BCUT2D eigenvalue weighted by Crippen LogP contribution is 2.57. The number of aromatic amines is 1. The Kier molecular flexibility index (Phi) is 7.45. The molecule has 2 aliphatic heterocycles. The predicted molar refractivity (Wildman–Crippen MR) is 184 cm³/mol. The summed E-state index contributed by atoms with van der Waals surface area (Å²) in [6, 6.07) is 13.8. The molecule has 2 amide bonds. The molecule has 3 fully saturated rings. The summed E-state index contributed by atoms with van der Waals surface area (Å²) >= 11 is 0. The van der Waals surface area contributed by atoms with Crippen molar-refractivity contribution in [2.24, 2.45) is 12.5 Å². The lowest BCUT2D eigenvalue weighted by Gasteiger charge is -2.29. The highest BCUT2D eigenvalue weighted by atomic mass is 19.1. The number of aryl methyl sites for hydroxylation is 1. The Bertz CT molecular complexity index is 2250. The number of rotatable bonds is 9. The highest BCUT2D eigenvalue weighted by molar-refractivity contribution is 6.01. The molecule has 2 saturated carbocycles. The Balaban J connectivity index is 0.816. The fraction of sp³-hybridized carbons (Fsp3) is 0.351. The van der Waals surface area contributed by atoms with E-state index in [1.54, 1.807) is 25.2 Å². The second-order valence-corrected chi connectivity index (χ2v) is 13.9. The molecule has 4 aliphatic rings. The number of piperidine rings is 1. The van der Waals surface area contributed by atoms with Gasteiger partial charge in [0, 0.05) is 43.8 Å². The third-order valence-corrected chi connectivity index (χ3v) is 10.5. The van der Waals surface area contributed by atoms with Crippen LogP contribution >= 0.6 is 0 Å². The van der Waals surface area contributed by atoms with Crippen LogP contribution in [0.4, 0.5) is 14.5 Å². The van der Waals surface area contributed by atoms with Crippen molar-refractivity contribution in [2.75, 3.05) is 31.5 Å². The van der Waals surface area contributed by atoms with Crippen molar-refractivity contribution in [1.82, 2.24) is 39.7 Å². The van der Waals surface area contributed by atoms with E-state index in [-0.39, 0.29) is 42.1 Å². The van der Waals surface area contributed by atoms with Crippen LogP contribution in [-0.2, 0) is 16.6 Å². The number of hydrogen-bond acceptors (Lipinski definition) is 8. The largest absolute Gasteiger partial charge is 0.486 e. The topological polar surface area (TPSA) is 134 Å². The van der Waals surface area contributed by atoms with E-state index in [0.29, 0.717) is 72.7 Å². The summed E-state index contributed by atoms with van der Waals surface area (Å²) in [6.45, 7) is 1.90. The molecule has 5 aromatic rings. The van der Waals surface area contributed by atoms with Crippen molar-refractivity contribution in [3.8, 4) is 28.5 Å². The first-order valence-electron chi connectivity index (χ1n) is 17.2. The lowest BCUT2D eigenvalue weighted by atomic mass is 9.98. The zero-order valence-corrected chi connectivity index (χ0v) is 27.9. The summed E-state index contributed by atoms with van der Waals surface area (Å²) in [5, 5.41) is 15.3. The number of hydrogen-bond donors (Lipinski definition) is 2. The van der Waals surface area contributed by atoms with Gasteiger partial charge in [-0.2, -0.15) is 14.6 Å². The van der Waals surface area contributed by atoms with Crippen molar-refractivity contribution >= 4 is 34.0 Å². The van der Waals surface area contributed by atoms with Gasteiger partial charge in [-0.1, -0.05) is 12.1 Å². The van der Waals surface area contributed by atoms with Crippen molar-refractivity contribution in [2.45, 2.75) is 44.2 Å². The SMILES string of the molecule is Cn1cnc(-c2ccc(C3=CCN(C(=O)CN4CC[C@]5(C(=O)Nc6ccc7[nH]nc(-c8ccc(OC9CC9)c(F)n8)c7c6)CC45)CC3)cc2F)n1. The van der Waals surface area contributed by atoms with Crippen LogP contribution < -0.4 is 10.1 Å². The van der Waals surface area contributed by atoms with Crippen LogP contribution in [0.2, 0.25) is 0 Å². The molecule has 9 rings (SSSR count). The molecule has 14 heteroatoms. The molecule has 1 saturated heterocycles. The molecule has 0 radical (unpaired) electrons. The monoisotopic (exact) mass is 691 g/mol. The maximum atomic E-state index is 14.9. The minimum absolute atomic E-state index is 0.00388. The van der Waals surface area contributed by atoms with Crippen LogP contribution in [0.3, 0.4) is 0 Å². The van der Waals surface area contributed by atoms with Crippen molar-refractivity contribution in [1.29, 1.82) is 0 Å². The zero-order valence-electron chi connectivity index (χ0n) is 27.9. The van der Waals surface area contributed by atoms with Crippen LogP contribution in [0.15, 0.2) is 60.9 Å². The molecular formula is C37H35F2N9O3. The number of nitrogens with zero attached hydrogens (tertiary/aromatic N) is 7. The van der Waals surface area contributed by atoms with Gasteiger partial charge in [0.15, 0.2) is 11.6 Å². The first-order valence-corrected chi connectivity index (χ1v) is 17.2. The number of benzene rings is 2. The molecule has 3 aromatic heterocycles. The maximum Gasteiger partial charge on any atom is 0.255 e. The van der Waals surface area contributed by atoms with E-state index in [4.69, 9.17) is 4.74 Å². The summed E-state index contributed by atoms with van der Waals surface area (Å²) in [4.78, 5) is 39.2. The first-order chi connectivity index (χ1) is 24.7. The van der Waals surface area contributed by atoms with Crippen LogP contribution in [0.1, 0.15) is 37.7 Å². The molecule has 260 valence electrons. The van der Waals surface area contributed by atoms with Crippen LogP contribution in [0.25, 0.3) is 39.3 Å². The average Bonchev–Trinajstić information content (AvgIpc) is 3.96. The Morgan fingerprint density at radius 1 is 1.10 bits per heavy atom. The standard InChI is InChI=1S/C37H35F2N9O3/c1-46-20-40-35(45-46)25-6-2-22(16-27(25)38)21-10-13-47(14-11-21)32(49)19-48-15-12-37(18-31(37)48)36(50)41-23-3-7-28-26(17-23)33(44-43-28)29-8-9-30(34(39)42-29)51-24-4-5-24/h2-3,6-10,16-17,20,24,31H,4-5,11-15,18-19H2,1H3,(H,41,50)(H,43,44)/t31?,37-/m0/s1. The summed E-state index contributed by atoms with van der Waals surface area (Å²) in [6.07, 6.45) is 7.42. The van der Waals surface area contributed by atoms with Gasteiger partial charge in [0.05, 0.1) is 34.8 Å². The number of aromatic nitrogens is 6. The van der Waals surface area contributed by atoms with E-state index < -0.39 is 11.4 Å². The Morgan fingerprint density at radius 3 is 2.71 bits per heavy atom. The molecule has 2 atom stereocenters. The predicted octanol–water partition coefficient (Wildman–Crippen LogP) is 4.96. The summed E-state index contributed by atoms with van der Waals surface area (Å²) in [5.41, 5.74) is 3.79. The molecule has 2 aromatic carbocycles. The number of amides is 2. The fourth-order valence-corrected chi connectivity index (χ4v) is 7.42.